The first-order valence-electron chi connectivity index (χ1n) is 6.40. The monoisotopic (exact) mass is 269 g/mol. The van der Waals surface area contributed by atoms with Crippen LogP contribution in [0.1, 0.15) is 31.4 Å². The average molecular weight is 269 g/mol. The molecule has 0 amide bonds. The normalized spacial score (nSPS) is 18.7. The molecule has 0 saturated carbocycles. The Hall–Kier alpha value is -0.980. The Balaban J connectivity index is 2.14. The van der Waals surface area contributed by atoms with E-state index in [-0.39, 0.29) is 9.92 Å². The van der Waals surface area contributed by atoms with E-state index >= 15 is 0 Å². The molecule has 1 aromatic rings. The Bertz CT molecular complexity index is 402. The van der Waals surface area contributed by atoms with Gasteiger partial charge in [0.15, 0.2) is 0 Å². The Kier molecular flexibility index (Phi) is 4.68. The summed E-state index contributed by atoms with van der Waals surface area (Å²) >= 11 is 1.23. The number of hydrogen-bond donors (Lipinski definition) is 1. The molecular weight excluding hydrogens is 250 g/mol. The molecular formula is C12H19N3O2S. The summed E-state index contributed by atoms with van der Waals surface area (Å²) in [7, 11) is 0. The van der Waals surface area contributed by atoms with Gasteiger partial charge >= 0.3 is 5.00 Å². The van der Waals surface area contributed by atoms with Gasteiger partial charge in [-0.15, -0.1) is 0 Å². The van der Waals surface area contributed by atoms with E-state index in [1.165, 1.54) is 11.3 Å². The Morgan fingerprint density at radius 3 is 2.83 bits per heavy atom. The summed E-state index contributed by atoms with van der Waals surface area (Å²) < 4.78 is 0. The molecule has 6 heteroatoms. The maximum Gasteiger partial charge on any atom is 0.324 e. The summed E-state index contributed by atoms with van der Waals surface area (Å²) in [5.41, 5.74) is 1.11. The summed E-state index contributed by atoms with van der Waals surface area (Å²) in [4.78, 5) is 12.9. The van der Waals surface area contributed by atoms with E-state index in [9.17, 15) is 10.1 Å². The predicted molar refractivity (Wildman–Crippen MR) is 73.1 cm³/mol. The van der Waals surface area contributed by atoms with Gasteiger partial charge in [0.25, 0.3) is 0 Å². The minimum atomic E-state index is -0.297. The minimum Gasteiger partial charge on any atom is -0.314 e. The highest BCUT2D eigenvalue weighted by Crippen LogP contribution is 2.32. The molecule has 1 aliphatic heterocycles. The lowest BCUT2D eigenvalue weighted by Gasteiger charge is -2.34. The van der Waals surface area contributed by atoms with Crippen molar-refractivity contribution >= 4 is 16.3 Å². The lowest BCUT2D eigenvalue weighted by Crippen LogP contribution is -2.45. The molecule has 1 atom stereocenters. The van der Waals surface area contributed by atoms with E-state index in [0.717, 1.165) is 44.6 Å². The number of piperazine rings is 1. The van der Waals surface area contributed by atoms with Crippen LogP contribution < -0.4 is 5.32 Å². The van der Waals surface area contributed by atoms with Crippen LogP contribution in [-0.2, 0) is 0 Å². The average Bonchev–Trinajstić information content (AvgIpc) is 2.86. The summed E-state index contributed by atoms with van der Waals surface area (Å²) in [5.74, 6) is 0. The molecule has 1 saturated heterocycles. The van der Waals surface area contributed by atoms with Crippen molar-refractivity contribution < 1.29 is 4.92 Å². The van der Waals surface area contributed by atoms with Crippen LogP contribution in [0.3, 0.4) is 0 Å². The van der Waals surface area contributed by atoms with Gasteiger partial charge in [-0.1, -0.05) is 24.7 Å². The fraction of sp³-hybridized carbons (Fsp3) is 0.667. The van der Waals surface area contributed by atoms with Crippen LogP contribution in [0.15, 0.2) is 11.4 Å². The Labute approximate surface area is 111 Å². The van der Waals surface area contributed by atoms with E-state index in [1.807, 2.05) is 5.38 Å². The molecule has 0 aliphatic carbocycles. The maximum absolute atomic E-state index is 10.8. The van der Waals surface area contributed by atoms with Gasteiger partial charge in [-0.05, 0) is 12.0 Å². The fourth-order valence-electron chi connectivity index (χ4n) is 2.44. The molecule has 0 unspecified atom stereocenters. The standard InChI is InChI=1S/C12H19N3O2S/c1-2-3-11(14-6-4-13-5-7-14)10-8-12(15(16)17)18-9-10/h8-9,11,13H,2-7H2,1H3/t11-/m0/s1. The van der Waals surface area contributed by atoms with Gasteiger partial charge in [0, 0.05) is 43.7 Å². The molecule has 0 aromatic carbocycles. The second kappa shape index (κ2) is 6.26. The molecule has 2 heterocycles. The Morgan fingerprint density at radius 1 is 1.56 bits per heavy atom. The van der Waals surface area contributed by atoms with Gasteiger partial charge in [0.1, 0.15) is 0 Å². The van der Waals surface area contributed by atoms with Crippen molar-refractivity contribution in [3.63, 3.8) is 0 Å². The number of thiophene rings is 1. The zero-order valence-corrected chi connectivity index (χ0v) is 11.4. The van der Waals surface area contributed by atoms with Crippen LogP contribution in [0.5, 0.6) is 0 Å². The van der Waals surface area contributed by atoms with Crippen LogP contribution in [0.2, 0.25) is 0 Å². The van der Waals surface area contributed by atoms with E-state index in [1.54, 1.807) is 6.07 Å². The highest BCUT2D eigenvalue weighted by Gasteiger charge is 2.24. The minimum absolute atomic E-state index is 0.251. The zero-order valence-electron chi connectivity index (χ0n) is 10.6. The van der Waals surface area contributed by atoms with Gasteiger partial charge in [-0.2, -0.15) is 0 Å². The van der Waals surface area contributed by atoms with E-state index < -0.39 is 0 Å². The van der Waals surface area contributed by atoms with Crippen molar-refractivity contribution in [1.29, 1.82) is 0 Å². The number of nitro groups is 1. The molecule has 2 rings (SSSR count). The lowest BCUT2D eigenvalue weighted by molar-refractivity contribution is -0.380. The summed E-state index contributed by atoms with van der Waals surface area (Å²) in [5, 5.41) is 16.3. The smallest absolute Gasteiger partial charge is 0.314 e. The molecule has 100 valence electrons. The lowest BCUT2D eigenvalue weighted by atomic mass is 10.0. The highest BCUT2D eigenvalue weighted by atomic mass is 32.1. The summed E-state index contributed by atoms with van der Waals surface area (Å²) in [6, 6.07) is 2.08. The Morgan fingerprint density at radius 2 is 2.28 bits per heavy atom. The van der Waals surface area contributed by atoms with Crippen LogP contribution in [-0.4, -0.2) is 36.0 Å². The van der Waals surface area contributed by atoms with Crippen LogP contribution in [0, 0.1) is 10.1 Å². The topological polar surface area (TPSA) is 58.4 Å². The number of nitrogens with zero attached hydrogens (tertiary/aromatic N) is 2. The van der Waals surface area contributed by atoms with Crippen LogP contribution in [0.4, 0.5) is 5.00 Å². The van der Waals surface area contributed by atoms with Gasteiger partial charge < -0.3 is 5.32 Å². The predicted octanol–water partition coefficient (Wildman–Crippen LogP) is 2.40. The number of hydrogen-bond acceptors (Lipinski definition) is 5. The SMILES string of the molecule is CCC[C@@H](c1csc([N+](=O)[O-])c1)N1CCNCC1. The van der Waals surface area contributed by atoms with Crippen LogP contribution >= 0.6 is 11.3 Å². The first kappa shape index (κ1) is 13.5. The second-order valence-electron chi connectivity index (χ2n) is 4.57. The van der Waals surface area contributed by atoms with E-state index in [0.29, 0.717) is 6.04 Å². The third-order valence-electron chi connectivity index (χ3n) is 3.33. The molecule has 0 bridgehead atoms. The number of nitrogens with one attached hydrogen (secondary N) is 1. The van der Waals surface area contributed by atoms with Crippen molar-refractivity contribution in [1.82, 2.24) is 10.2 Å². The number of rotatable bonds is 5. The van der Waals surface area contributed by atoms with Crippen molar-refractivity contribution in [2.75, 3.05) is 26.2 Å². The van der Waals surface area contributed by atoms with Crippen molar-refractivity contribution in [2.24, 2.45) is 0 Å². The maximum atomic E-state index is 10.8. The molecule has 5 nitrogen and oxygen atoms in total. The molecule has 1 aliphatic rings. The zero-order chi connectivity index (χ0) is 13.0. The van der Waals surface area contributed by atoms with Crippen LogP contribution in [0.25, 0.3) is 0 Å². The summed E-state index contributed by atoms with van der Waals surface area (Å²) in [6.07, 6.45) is 2.16. The molecule has 0 radical (unpaired) electrons. The quantitative estimate of drug-likeness (QED) is 0.658. The molecule has 18 heavy (non-hydrogen) atoms. The van der Waals surface area contributed by atoms with Crippen molar-refractivity contribution in [3.05, 3.63) is 27.1 Å². The van der Waals surface area contributed by atoms with E-state index in [4.69, 9.17) is 0 Å². The van der Waals surface area contributed by atoms with Crippen molar-refractivity contribution in [3.8, 4) is 0 Å². The van der Waals surface area contributed by atoms with Gasteiger partial charge in [0.05, 0.1) is 4.92 Å². The molecule has 0 spiro atoms. The molecule has 1 N–H and O–H groups in total. The van der Waals surface area contributed by atoms with Gasteiger partial charge in [-0.25, -0.2) is 0 Å². The fourth-order valence-corrected chi connectivity index (χ4v) is 3.21. The van der Waals surface area contributed by atoms with Gasteiger partial charge in [-0.3, -0.25) is 15.0 Å². The third kappa shape index (κ3) is 3.07. The summed E-state index contributed by atoms with van der Waals surface area (Å²) in [6.45, 7) is 6.22. The first-order valence-corrected chi connectivity index (χ1v) is 7.28. The first-order chi connectivity index (χ1) is 8.72. The largest absolute Gasteiger partial charge is 0.324 e. The van der Waals surface area contributed by atoms with Gasteiger partial charge in [0.2, 0.25) is 0 Å². The third-order valence-corrected chi connectivity index (χ3v) is 4.22. The highest BCUT2D eigenvalue weighted by molar-refractivity contribution is 7.13. The molecule has 1 fully saturated rings. The second-order valence-corrected chi connectivity index (χ2v) is 5.46. The van der Waals surface area contributed by atoms with E-state index in [2.05, 4.69) is 17.1 Å². The van der Waals surface area contributed by atoms with Crippen molar-refractivity contribution in [2.45, 2.75) is 25.8 Å². The molecule has 1 aromatic heterocycles.